The fraction of sp³-hybridized carbons (Fsp3) is 0. The summed E-state index contributed by atoms with van der Waals surface area (Å²) >= 11 is 0. The van der Waals surface area contributed by atoms with E-state index in [1.54, 1.807) is 18.6 Å². The molecule has 0 saturated carbocycles. The molecule has 0 spiro atoms. The molecule has 2 heterocycles. The molecular formula is C17H10O4. The van der Waals surface area contributed by atoms with Crippen LogP contribution in [-0.2, 0) is 0 Å². The van der Waals surface area contributed by atoms with Crippen molar-refractivity contribution in [1.29, 1.82) is 0 Å². The van der Waals surface area contributed by atoms with Crippen LogP contribution in [0.4, 0.5) is 0 Å². The number of fused-ring (bicyclic) bond motifs is 3. The van der Waals surface area contributed by atoms with Crippen LogP contribution in [0.3, 0.4) is 0 Å². The van der Waals surface area contributed by atoms with E-state index in [1.807, 2.05) is 36.4 Å². The third-order valence-electron chi connectivity index (χ3n) is 3.57. The molecule has 0 unspecified atom stereocenters. The van der Waals surface area contributed by atoms with E-state index in [0.717, 1.165) is 27.3 Å². The summed E-state index contributed by atoms with van der Waals surface area (Å²) in [6.45, 7) is 0. The Kier molecular flexibility index (Phi) is 2.38. The molecule has 102 valence electrons. The standard InChI is InChI=1S/C17H10O4/c18-17(19)15-8-11-7-14(10-5-6-20-9-10)12-3-1-2-4-13(12)16(11)21-15/h1-9H,(H,18,19). The number of benzene rings is 2. The van der Waals surface area contributed by atoms with Crippen molar-refractivity contribution in [3.05, 3.63) is 60.8 Å². The number of rotatable bonds is 2. The summed E-state index contributed by atoms with van der Waals surface area (Å²) in [5, 5.41) is 11.8. The molecular weight excluding hydrogens is 268 g/mol. The average Bonchev–Trinajstić information content (AvgIpc) is 3.15. The molecule has 0 fully saturated rings. The zero-order valence-electron chi connectivity index (χ0n) is 10.9. The smallest absolute Gasteiger partial charge is 0.371 e. The lowest BCUT2D eigenvalue weighted by Gasteiger charge is -2.05. The van der Waals surface area contributed by atoms with Crippen molar-refractivity contribution in [1.82, 2.24) is 0 Å². The Hall–Kier alpha value is -3.01. The van der Waals surface area contributed by atoms with Gasteiger partial charge in [-0.3, -0.25) is 0 Å². The number of aromatic carboxylic acids is 1. The van der Waals surface area contributed by atoms with E-state index in [1.165, 1.54) is 0 Å². The second-order valence-electron chi connectivity index (χ2n) is 4.82. The van der Waals surface area contributed by atoms with Crippen molar-refractivity contribution in [3.8, 4) is 11.1 Å². The van der Waals surface area contributed by atoms with E-state index in [2.05, 4.69) is 0 Å². The molecule has 0 amide bonds. The molecule has 21 heavy (non-hydrogen) atoms. The number of hydrogen-bond acceptors (Lipinski definition) is 3. The van der Waals surface area contributed by atoms with Crippen LogP contribution in [0.15, 0.2) is 63.8 Å². The van der Waals surface area contributed by atoms with Gasteiger partial charge in [0.15, 0.2) is 0 Å². The molecule has 4 aromatic rings. The lowest BCUT2D eigenvalue weighted by molar-refractivity contribution is 0.0665. The molecule has 0 bridgehead atoms. The largest absolute Gasteiger partial charge is 0.475 e. The maximum atomic E-state index is 11.1. The first-order chi connectivity index (χ1) is 10.2. The monoisotopic (exact) mass is 278 g/mol. The van der Waals surface area contributed by atoms with Gasteiger partial charge in [-0.1, -0.05) is 24.3 Å². The number of carboxylic acids is 1. The minimum Gasteiger partial charge on any atom is -0.475 e. The Morgan fingerprint density at radius 2 is 1.86 bits per heavy atom. The predicted octanol–water partition coefficient (Wildman–Crippen LogP) is 4.54. The predicted molar refractivity (Wildman–Crippen MR) is 78.4 cm³/mol. The fourth-order valence-corrected chi connectivity index (χ4v) is 2.63. The summed E-state index contributed by atoms with van der Waals surface area (Å²) in [5.41, 5.74) is 2.53. The average molecular weight is 278 g/mol. The van der Waals surface area contributed by atoms with E-state index >= 15 is 0 Å². The van der Waals surface area contributed by atoms with Crippen LogP contribution in [-0.4, -0.2) is 11.1 Å². The van der Waals surface area contributed by atoms with Gasteiger partial charge in [-0.25, -0.2) is 4.79 Å². The maximum absolute atomic E-state index is 11.1. The number of furan rings is 2. The fourth-order valence-electron chi connectivity index (χ4n) is 2.63. The van der Waals surface area contributed by atoms with Crippen LogP contribution < -0.4 is 0 Å². The molecule has 4 nitrogen and oxygen atoms in total. The molecule has 0 aliphatic carbocycles. The van der Waals surface area contributed by atoms with Crippen LogP contribution in [0.5, 0.6) is 0 Å². The van der Waals surface area contributed by atoms with Crippen molar-refractivity contribution >= 4 is 27.7 Å². The molecule has 4 rings (SSSR count). The van der Waals surface area contributed by atoms with Crippen molar-refractivity contribution in [2.24, 2.45) is 0 Å². The summed E-state index contributed by atoms with van der Waals surface area (Å²) in [6, 6.07) is 13.1. The van der Waals surface area contributed by atoms with Crippen LogP contribution in [0.25, 0.3) is 32.9 Å². The van der Waals surface area contributed by atoms with Gasteiger partial charge >= 0.3 is 5.97 Å². The van der Waals surface area contributed by atoms with Crippen molar-refractivity contribution in [2.45, 2.75) is 0 Å². The van der Waals surface area contributed by atoms with Crippen LogP contribution in [0.1, 0.15) is 10.6 Å². The second-order valence-corrected chi connectivity index (χ2v) is 4.82. The highest BCUT2D eigenvalue weighted by atomic mass is 16.4. The Balaban J connectivity index is 2.16. The van der Waals surface area contributed by atoms with Gasteiger partial charge in [-0.15, -0.1) is 0 Å². The molecule has 0 radical (unpaired) electrons. The molecule has 0 aliphatic rings. The van der Waals surface area contributed by atoms with Gasteiger partial charge in [-0.05, 0) is 29.1 Å². The van der Waals surface area contributed by atoms with E-state index in [4.69, 9.17) is 13.9 Å². The van der Waals surface area contributed by atoms with Crippen molar-refractivity contribution in [3.63, 3.8) is 0 Å². The number of carbonyl (C=O) groups is 1. The maximum Gasteiger partial charge on any atom is 0.371 e. The van der Waals surface area contributed by atoms with Gasteiger partial charge in [0.25, 0.3) is 0 Å². The van der Waals surface area contributed by atoms with Gasteiger partial charge in [-0.2, -0.15) is 0 Å². The zero-order valence-corrected chi connectivity index (χ0v) is 10.9. The third kappa shape index (κ3) is 1.73. The van der Waals surface area contributed by atoms with Crippen molar-refractivity contribution < 1.29 is 18.7 Å². The molecule has 0 aliphatic heterocycles. The van der Waals surface area contributed by atoms with E-state index < -0.39 is 5.97 Å². The van der Waals surface area contributed by atoms with E-state index in [-0.39, 0.29) is 5.76 Å². The first-order valence-corrected chi connectivity index (χ1v) is 6.45. The van der Waals surface area contributed by atoms with Gasteiger partial charge in [0.05, 0.1) is 12.5 Å². The van der Waals surface area contributed by atoms with Crippen molar-refractivity contribution in [2.75, 3.05) is 0 Å². The first kappa shape index (κ1) is 11.8. The van der Waals surface area contributed by atoms with Gasteiger partial charge < -0.3 is 13.9 Å². The van der Waals surface area contributed by atoms with Gasteiger partial charge in [0.2, 0.25) is 5.76 Å². The first-order valence-electron chi connectivity index (χ1n) is 6.45. The highest BCUT2D eigenvalue weighted by Gasteiger charge is 2.15. The quantitative estimate of drug-likeness (QED) is 0.584. The summed E-state index contributed by atoms with van der Waals surface area (Å²) in [4.78, 5) is 11.1. The Morgan fingerprint density at radius 3 is 2.57 bits per heavy atom. The van der Waals surface area contributed by atoms with Gasteiger partial charge in [0, 0.05) is 16.3 Å². The molecule has 2 aromatic heterocycles. The summed E-state index contributed by atoms with van der Waals surface area (Å²) in [6.07, 6.45) is 3.29. The molecule has 0 atom stereocenters. The highest BCUT2D eigenvalue weighted by Crippen LogP contribution is 2.36. The minimum absolute atomic E-state index is 0.0560. The summed E-state index contributed by atoms with van der Waals surface area (Å²) in [7, 11) is 0. The molecule has 1 N–H and O–H groups in total. The third-order valence-corrected chi connectivity index (χ3v) is 3.57. The van der Waals surface area contributed by atoms with Crippen LogP contribution in [0, 0.1) is 0 Å². The number of carboxylic acid groups (broad SMARTS) is 1. The Morgan fingerprint density at radius 1 is 1.05 bits per heavy atom. The van der Waals surface area contributed by atoms with Crippen LogP contribution in [0.2, 0.25) is 0 Å². The molecule has 4 heteroatoms. The lowest BCUT2D eigenvalue weighted by atomic mass is 9.98. The topological polar surface area (TPSA) is 63.6 Å². The normalized spacial score (nSPS) is 11.2. The molecule has 2 aromatic carbocycles. The number of hydrogen-bond donors (Lipinski definition) is 1. The molecule has 0 saturated heterocycles. The Bertz CT molecular complexity index is 961. The van der Waals surface area contributed by atoms with Gasteiger partial charge in [0.1, 0.15) is 5.58 Å². The van der Waals surface area contributed by atoms with E-state index in [9.17, 15) is 4.79 Å². The summed E-state index contributed by atoms with van der Waals surface area (Å²) in [5.74, 6) is -1.13. The zero-order chi connectivity index (χ0) is 14.4. The summed E-state index contributed by atoms with van der Waals surface area (Å²) < 4.78 is 10.6. The highest BCUT2D eigenvalue weighted by molar-refractivity contribution is 6.12. The minimum atomic E-state index is -1.07. The lowest BCUT2D eigenvalue weighted by Crippen LogP contribution is -1.91. The SMILES string of the molecule is O=C(O)c1cc2cc(-c3ccoc3)c3ccccc3c2o1. The Labute approximate surface area is 119 Å². The van der Waals surface area contributed by atoms with Crippen LogP contribution >= 0.6 is 0 Å². The second kappa shape index (κ2) is 4.24. The van der Waals surface area contributed by atoms with E-state index in [0.29, 0.717) is 5.58 Å².